The molecule has 0 spiro atoms. The van der Waals surface area contributed by atoms with Gasteiger partial charge in [-0.15, -0.1) is 0 Å². The molecule has 1 unspecified atom stereocenters. The Kier molecular flexibility index (Phi) is 9.65. The molecule has 0 heterocycles. The van der Waals surface area contributed by atoms with Gasteiger partial charge in [0.15, 0.2) is 0 Å². The van der Waals surface area contributed by atoms with Crippen LogP contribution in [0.3, 0.4) is 0 Å². The maximum absolute atomic E-state index is 9.49. The fraction of sp³-hybridized carbons (Fsp3) is 1.00. The number of aliphatic hydroxyl groups excluding tert-OH is 1. The summed E-state index contributed by atoms with van der Waals surface area (Å²) in [5.74, 6) is 1.46. The van der Waals surface area contributed by atoms with Crippen molar-refractivity contribution >= 4 is 0 Å². The summed E-state index contributed by atoms with van der Waals surface area (Å²) in [6, 6.07) is 0. The summed E-state index contributed by atoms with van der Waals surface area (Å²) in [6.45, 7) is 2.71. The molecule has 0 aliphatic heterocycles. The highest BCUT2D eigenvalue weighted by Gasteiger charge is 2.23. The smallest absolute Gasteiger partial charge is 0.0461 e. The van der Waals surface area contributed by atoms with E-state index in [0.717, 1.165) is 5.92 Å². The fourth-order valence-electron chi connectivity index (χ4n) is 3.45. The summed E-state index contributed by atoms with van der Waals surface area (Å²) in [4.78, 5) is 0. The van der Waals surface area contributed by atoms with Crippen molar-refractivity contribution in [1.29, 1.82) is 0 Å². The molecule has 1 aliphatic rings. The van der Waals surface area contributed by atoms with Crippen molar-refractivity contribution in [2.75, 3.05) is 6.61 Å². The minimum Gasteiger partial charge on any atom is -0.396 e. The number of hydrogen-bond donors (Lipinski definition) is 1. The molecule has 1 rings (SSSR count). The zero-order valence-corrected chi connectivity index (χ0v) is 12.5. The molecular weight excluding hydrogens is 220 g/mol. The average molecular weight is 254 g/mol. The molecule has 0 aromatic rings. The minimum atomic E-state index is 0.432. The van der Waals surface area contributed by atoms with Gasteiger partial charge in [-0.25, -0.2) is 0 Å². The second-order valence-electron chi connectivity index (χ2n) is 6.25. The van der Waals surface area contributed by atoms with Crippen LogP contribution in [0.5, 0.6) is 0 Å². The Hall–Kier alpha value is -0.0400. The topological polar surface area (TPSA) is 20.2 Å². The van der Waals surface area contributed by atoms with E-state index in [-0.39, 0.29) is 0 Å². The quantitative estimate of drug-likeness (QED) is 0.495. The Bertz CT molecular complexity index is 172. The van der Waals surface area contributed by atoms with Crippen LogP contribution >= 0.6 is 0 Å². The molecule has 1 atom stereocenters. The minimum absolute atomic E-state index is 0.432. The van der Waals surface area contributed by atoms with Crippen LogP contribution in [-0.2, 0) is 0 Å². The number of aliphatic hydroxyl groups is 1. The monoisotopic (exact) mass is 254 g/mol. The third kappa shape index (κ3) is 6.78. The second-order valence-corrected chi connectivity index (χ2v) is 6.25. The first-order chi connectivity index (χ1) is 8.88. The first-order valence-electron chi connectivity index (χ1n) is 8.49. The average Bonchev–Trinajstić information content (AvgIpc) is 2.91. The molecule has 0 aromatic heterocycles. The highest BCUT2D eigenvalue weighted by Crippen LogP contribution is 2.33. The van der Waals surface area contributed by atoms with Gasteiger partial charge in [0, 0.05) is 6.61 Å². The van der Waals surface area contributed by atoms with Crippen LogP contribution in [0.4, 0.5) is 0 Å². The zero-order chi connectivity index (χ0) is 13.1. The van der Waals surface area contributed by atoms with Gasteiger partial charge < -0.3 is 5.11 Å². The van der Waals surface area contributed by atoms with E-state index in [1.807, 2.05) is 0 Å². The lowest BCUT2D eigenvalue weighted by atomic mass is 9.87. The summed E-state index contributed by atoms with van der Waals surface area (Å²) >= 11 is 0. The van der Waals surface area contributed by atoms with Gasteiger partial charge in [0.1, 0.15) is 0 Å². The van der Waals surface area contributed by atoms with Crippen LogP contribution in [0.15, 0.2) is 0 Å². The molecule has 0 bridgehead atoms. The highest BCUT2D eigenvalue weighted by atomic mass is 16.3. The Morgan fingerprint density at radius 1 is 0.889 bits per heavy atom. The molecule has 108 valence electrons. The standard InChI is InChI=1S/C17H34O/c1-2-3-4-5-6-7-8-9-14-17(15-18)16-12-10-11-13-16/h16-18H,2-15H2,1H3. The van der Waals surface area contributed by atoms with Crippen molar-refractivity contribution in [2.45, 2.75) is 90.4 Å². The van der Waals surface area contributed by atoms with Crippen molar-refractivity contribution in [2.24, 2.45) is 11.8 Å². The molecule has 0 amide bonds. The summed E-state index contributed by atoms with van der Waals surface area (Å²) in [5, 5.41) is 9.49. The Morgan fingerprint density at radius 3 is 2.00 bits per heavy atom. The van der Waals surface area contributed by atoms with Crippen LogP contribution in [0.25, 0.3) is 0 Å². The molecule has 1 heteroatoms. The lowest BCUT2D eigenvalue weighted by Crippen LogP contribution is -2.15. The van der Waals surface area contributed by atoms with Gasteiger partial charge in [-0.1, -0.05) is 84.0 Å². The van der Waals surface area contributed by atoms with Crippen molar-refractivity contribution in [1.82, 2.24) is 0 Å². The third-order valence-electron chi connectivity index (χ3n) is 4.73. The van der Waals surface area contributed by atoms with Crippen LogP contribution in [0, 0.1) is 11.8 Å². The molecule has 1 fully saturated rings. The van der Waals surface area contributed by atoms with Crippen molar-refractivity contribution in [3.8, 4) is 0 Å². The molecule has 0 radical (unpaired) electrons. The third-order valence-corrected chi connectivity index (χ3v) is 4.73. The number of hydrogen-bond acceptors (Lipinski definition) is 1. The maximum Gasteiger partial charge on any atom is 0.0461 e. The molecular formula is C17H34O. The Balaban J connectivity index is 1.92. The largest absolute Gasteiger partial charge is 0.396 e. The Morgan fingerprint density at radius 2 is 1.44 bits per heavy atom. The van der Waals surface area contributed by atoms with E-state index >= 15 is 0 Å². The van der Waals surface area contributed by atoms with E-state index in [0.29, 0.717) is 12.5 Å². The first-order valence-corrected chi connectivity index (χ1v) is 8.49. The van der Waals surface area contributed by atoms with Gasteiger partial charge in [0.2, 0.25) is 0 Å². The summed E-state index contributed by atoms with van der Waals surface area (Å²) in [5.41, 5.74) is 0. The highest BCUT2D eigenvalue weighted by molar-refractivity contribution is 4.75. The summed E-state index contributed by atoms with van der Waals surface area (Å²) in [7, 11) is 0. The van der Waals surface area contributed by atoms with Gasteiger partial charge in [-0.2, -0.15) is 0 Å². The van der Waals surface area contributed by atoms with E-state index in [1.165, 1.54) is 83.5 Å². The van der Waals surface area contributed by atoms with Crippen molar-refractivity contribution in [3.05, 3.63) is 0 Å². The molecule has 1 N–H and O–H groups in total. The fourth-order valence-corrected chi connectivity index (χ4v) is 3.45. The predicted molar refractivity (Wildman–Crippen MR) is 79.8 cm³/mol. The van der Waals surface area contributed by atoms with E-state index < -0.39 is 0 Å². The number of rotatable bonds is 11. The van der Waals surface area contributed by atoms with Crippen LogP contribution < -0.4 is 0 Å². The van der Waals surface area contributed by atoms with Crippen LogP contribution in [-0.4, -0.2) is 11.7 Å². The zero-order valence-electron chi connectivity index (χ0n) is 12.5. The van der Waals surface area contributed by atoms with E-state index in [1.54, 1.807) is 0 Å². The molecule has 0 saturated heterocycles. The lowest BCUT2D eigenvalue weighted by molar-refractivity contribution is 0.165. The van der Waals surface area contributed by atoms with Gasteiger partial charge in [-0.05, 0) is 18.3 Å². The van der Waals surface area contributed by atoms with E-state index in [4.69, 9.17) is 0 Å². The van der Waals surface area contributed by atoms with E-state index in [9.17, 15) is 5.11 Å². The van der Waals surface area contributed by atoms with Crippen LogP contribution in [0.1, 0.15) is 90.4 Å². The Labute approximate surface area is 114 Å². The van der Waals surface area contributed by atoms with Crippen LogP contribution in [0.2, 0.25) is 0 Å². The first kappa shape index (κ1) is 16.0. The SMILES string of the molecule is CCCCCCCCCCC(CO)C1CCCC1. The van der Waals surface area contributed by atoms with Gasteiger partial charge in [0.05, 0.1) is 0 Å². The van der Waals surface area contributed by atoms with E-state index in [2.05, 4.69) is 6.92 Å². The van der Waals surface area contributed by atoms with Crippen molar-refractivity contribution < 1.29 is 5.11 Å². The second kappa shape index (κ2) is 10.8. The predicted octanol–water partition coefficient (Wildman–Crippen LogP) is 5.32. The molecule has 1 nitrogen and oxygen atoms in total. The lowest BCUT2D eigenvalue weighted by Gasteiger charge is -2.20. The molecule has 0 aromatic carbocycles. The normalized spacial score (nSPS) is 18.3. The van der Waals surface area contributed by atoms with Gasteiger partial charge in [-0.3, -0.25) is 0 Å². The van der Waals surface area contributed by atoms with Gasteiger partial charge >= 0.3 is 0 Å². The summed E-state index contributed by atoms with van der Waals surface area (Å²) in [6.07, 6.45) is 18.0. The maximum atomic E-state index is 9.49. The number of unbranched alkanes of at least 4 members (excludes halogenated alkanes) is 7. The molecule has 1 saturated carbocycles. The summed E-state index contributed by atoms with van der Waals surface area (Å²) < 4.78 is 0. The van der Waals surface area contributed by atoms with Crippen molar-refractivity contribution in [3.63, 3.8) is 0 Å². The molecule has 1 aliphatic carbocycles. The van der Waals surface area contributed by atoms with Gasteiger partial charge in [0.25, 0.3) is 0 Å². The molecule has 18 heavy (non-hydrogen) atoms.